The van der Waals surface area contributed by atoms with Crippen molar-refractivity contribution in [1.82, 2.24) is 10.2 Å². The van der Waals surface area contributed by atoms with E-state index in [1.54, 1.807) is 31.2 Å². The molecule has 1 unspecified atom stereocenters. The van der Waals surface area contributed by atoms with Gasteiger partial charge in [0.15, 0.2) is 5.78 Å². The van der Waals surface area contributed by atoms with Gasteiger partial charge in [0.1, 0.15) is 5.54 Å². The monoisotopic (exact) mass is 403 g/mol. The quantitative estimate of drug-likeness (QED) is 0.531. The van der Waals surface area contributed by atoms with Gasteiger partial charge >= 0.3 is 6.03 Å². The molecule has 0 radical (unpaired) electrons. The van der Waals surface area contributed by atoms with E-state index in [9.17, 15) is 14.4 Å². The maximum atomic E-state index is 13.0. The number of thiophene rings is 1. The minimum absolute atomic E-state index is 0.267. The summed E-state index contributed by atoms with van der Waals surface area (Å²) in [6.45, 7) is 3.16. The van der Waals surface area contributed by atoms with E-state index in [0.29, 0.717) is 16.0 Å². The molecule has 3 amide bonds. The first-order chi connectivity index (χ1) is 13.8. The van der Waals surface area contributed by atoms with Crippen molar-refractivity contribution in [3.63, 3.8) is 0 Å². The molecule has 2 aromatic carbocycles. The molecule has 0 spiro atoms. The Morgan fingerprint density at radius 2 is 1.86 bits per heavy atom. The highest BCUT2D eigenvalue weighted by molar-refractivity contribution is 7.21. The van der Waals surface area contributed by atoms with Crippen LogP contribution in [0.3, 0.4) is 0 Å². The highest BCUT2D eigenvalue weighted by Gasteiger charge is 2.49. The normalized spacial score (nSPS) is 18.7. The first-order valence-corrected chi connectivity index (χ1v) is 9.83. The van der Waals surface area contributed by atoms with E-state index in [4.69, 9.17) is 5.26 Å². The van der Waals surface area contributed by atoms with Crippen LogP contribution in [-0.4, -0.2) is 29.2 Å². The molecule has 1 N–H and O–H groups in total. The Morgan fingerprint density at radius 1 is 1.17 bits per heavy atom. The van der Waals surface area contributed by atoms with Gasteiger partial charge in [-0.05, 0) is 48.6 Å². The molecular formula is C22H17N3O3S. The number of rotatable bonds is 4. The van der Waals surface area contributed by atoms with E-state index in [-0.39, 0.29) is 12.3 Å². The maximum absolute atomic E-state index is 13.0. The van der Waals surface area contributed by atoms with Crippen molar-refractivity contribution in [2.45, 2.75) is 19.4 Å². The van der Waals surface area contributed by atoms with Crippen LogP contribution >= 0.6 is 11.3 Å². The molecule has 1 aliphatic rings. The number of ketones is 1. The molecule has 0 bridgehead atoms. The van der Waals surface area contributed by atoms with Gasteiger partial charge in [-0.3, -0.25) is 14.5 Å². The number of urea groups is 1. The molecule has 1 fully saturated rings. The molecule has 0 aliphatic carbocycles. The number of amides is 3. The molecule has 0 saturated carbocycles. The van der Waals surface area contributed by atoms with Crippen LogP contribution < -0.4 is 5.32 Å². The van der Waals surface area contributed by atoms with E-state index in [1.165, 1.54) is 11.3 Å². The molecule has 29 heavy (non-hydrogen) atoms. The number of aryl methyl sites for hydroxylation is 1. The van der Waals surface area contributed by atoms with Crippen LogP contribution in [0.2, 0.25) is 0 Å². The molecule has 144 valence electrons. The van der Waals surface area contributed by atoms with E-state index < -0.39 is 17.5 Å². The van der Waals surface area contributed by atoms with Crippen molar-refractivity contribution in [1.29, 1.82) is 5.26 Å². The topological polar surface area (TPSA) is 90.3 Å². The highest BCUT2D eigenvalue weighted by atomic mass is 32.1. The number of Topliss-reactive ketones (excluding diaryl/α,β-unsaturated/α-hetero) is 1. The zero-order valence-corrected chi connectivity index (χ0v) is 16.7. The number of hydrogen-bond donors (Lipinski definition) is 1. The molecule has 7 heteroatoms. The first-order valence-electron chi connectivity index (χ1n) is 9.01. The summed E-state index contributed by atoms with van der Waals surface area (Å²) in [5.74, 6) is -0.754. The zero-order chi connectivity index (χ0) is 20.8. The van der Waals surface area contributed by atoms with Gasteiger partial charge in [0.25, 0.3) is 5.91 Å². The lowest BCUT2D eigenvalue weighted by molar-refractivity contribution is -0.130. The Balaban J connectivity index is 1.61. The molecule has 1 aromatic heterocycles. The average Bonchev–Trinajstić information content (AvgIpc) is 3.18. The largest absolute Gasteiger partial charge is 0.325 e. The van der Waals surface area contributed by atoms with E-state index >= 15 is 0 Å². The van der Waals surface area contributed by atoms with Gasteiger partial charge in [0.05, 0.1) is 23.1 Å². The van der Waals surface area contributed by atoms with Crippen LogP contribution in [0.15, 0.2) is 48.5 Å². The van der Waals surface area contributed by atoms with Gasteiger partial charge in [-0.2, -0.15) is 5.26 Å². The summed E-state index contributed by atoms with van der Waals surface area (Å²) >= 11 is 1.37. The van der Waals surface area contributed by atoms with Gasteiger partial charge in [-0.1, -0.05) is 30.3 Å². The Kier molecular flexibility index (Phi) is 4.44. The highest BCUT2D eigenvalue weighted by Crippen LogP contribution is 2.33. The summed E-state index contributed by atoms with van der Waals surface area (Å²) < 4.78 is 0.993. The standard InChI is InChI=1S/C22H17N3O3S/c1-13-16-5-3-4-6-18(16)29-19(13)17(26)12-25-20(27)22(2,24-21(25)28)15-9-7-14(11-23)8-10-15/h3-10H,12H2,1-2H3,(H,24,28). The predicted molar refractivity (Wildman–Crippen MR) is 110 cm³/mol. The minimum atomic E-state index is -1.28. The van der Waals surface area contributed by atoms with Gasteiger partial charge < -0.3 is 5.32 Å². The minimum Gasteiger partial charge on any atom is -0.319 e. The van der Waals surface area contributed by atoms with Crippen LogP contribution in [0.25, 0.3) is 10.1 Å². The fourth-order valence-corrected chi connectivity index (χ4v) is 4.71. The smallest absolute Gasteiger partial charge is 0.319 e. The fourth-order valence-electron chi connectivity index (χ4n) is 3.57. The number of nitrogens with one attached hydrogen (secondary N) is 1. The second-order valence-corrected chi connectivity index (χ2v) is 8.16. The van der Waals surface area contributed by atoms with E-state index in [0.717, 1.165) is 20.5 Å². The molecular weight excluding hydrogens is 386 g/mol. The Labute approximate surface area is 171 Å². The number of nitriles is 1. The lowest BCUT2D eigenvalue weighted by atomic mass is 9.91. The van der Waals surface area contributed by atoms with Crippen molar-refractivity contribution >= 4 is 39.1 Å². The number of benzene rings is 2. The Morgan fingerprint density at radius 3 is 2.52 bits per heavy atom. The number of fused-ring (bicyclic) bond motifs is 1. The van der Waals surface area contributed by atoms with E-state index in [2.05, 4.69) is 5.32 Å². The third kappa shape index (κ3) is 2.98. The maximum Gasteiger partial charge on any atom is 0.325 e. The van der Waals surface area contributed by atoms with Crippen LogP contribution in [0, 0.1) is 18.3 Å². The van der Waals surface area contributed by atoms with Gasteiger partial charge in [-0.15, -0.1) is 11.3 Å². The number of imide groups is 1. The SMILES string of the molecule is Cc1c(C(=O)CN2C(=O)NC(C)(c3ccc(C#N)cc3)C2=O)sc2ccccc12. The van der Waals surface area contributed by atoms with Crippen molar-refractivity contribution in [3.8, 4) is 6.07 Å². The molecule has 2 heterocycles. The summed E-state index contributed by atoms with van der Waals surface area (Å²) in [6, 6.07) is 15.6. The molecule has 6 nitrogen and oxygen atoms in total. The predicted octanol–water partition coefficient (Wildman–Crippen LogP) is 3.73. The number of nitrogens with zero attached hydrogens (tertiary/aromatic N) is 2. The van der Waals surface area contributed by atoms with Crippen molar-refractivity contribution in [2.75, 3.05) is 6.54 Å². The summed E-state index contributed by atoms with van der Waals surface area (Å²) in [6.07, 6.45) is 0. The average molecular weight is 403 g/mol. The fraction of sp³-hybridized carbons (Fsp3) is 0.182. The second kappa shape index (κ2) is 6.83. The number of carbonyl (C=O) groups excluding carboxylic acids is 3. The number of hydrogen-bond acceptors (Lipinski definition) is 5. The summed E-state index contributed by atoms with van der Waals surface area (Å²) in [4.78, 5) is 40.0. The van der Waals surface area contributed by atoms with Crippen LogP contribution in [-0.2, 0) is 10.3 Å². The summed E-state index contributed by atoms with van der Waals surface area (Å²) in [5.41, 5.74) is 0.599. The first kappa shape index (κ1) is 18.8. The molecule has 1 aliphatic heterocycles. The lowest BCUT2D eigenvalue weighted by Gasteiger charge is -2.22. The molecule has 4 rings (SSSR count). The third-order valence-electron chi connectivity index (χ3n) is 5.26. The third-order valence-corrected chi connectivity index (χ3v) is 6.58. The van der Waals surface area contributed by atoms with Crippen molar-refractivity contribution in [3.05, 3.63) is 70.1 Å². The Bertz CT molecular complexity index is 1210. The second-order valence-electron chi connectivity index (χ2n) is 7.11. The van der Waals surface area contributed by atoms with Crippen LogP contribution in [0.5, 0.6) is 0 Å². The lowest BCUT2D eigenvalue weighted by Crippen LogP contribution is -2.41. The molecule has 1 atom stereocenters. The van der Waals surface area contributed by atoms with Crippen molar-refractivity contribution in [2.24, 2.45) is 0 Å². The van der Waals surface area contributed by atoms with Gasteiger partial charge in [0.2, 0.25) is 0 Å². The molecule has 1 saturated heterocycles. The Hall–Kier alpha value is -3.50. The van der Waals surface area contributed by atoms with E-state index in [1.807, 2.05) is 37.3 Å². The van der Waals surface area contributed by atoms with Crippen molar-refractivity contribution < 1.29 is 14.4 Å². The molecule has 3 aromatic rings. The zero-order valence-electron chi connectivity index (χ0n) is 15.9. The van der Waals surface area contributed by atoms with Gasteiger partial charge in [-0.25, -0.2) is 4.79 Å². The summed E-state index contributed by atoms with van der Waals surface area (Å²) in [5, 5.41) is 12.6. The summed E-state index contributed by atoms with van der Waals surface area (Å²) in [7, 11) is 0. The van der Waals surface area contributed by atoms with Crippen LogP contribution in [0.4, 0.5) is 4.79 Å². The van der Waals surface area contributed by atoms with Crippen LogP contribution in [0.1, 0.15) is 33.3 Å². The van der Waals surface area contributed by atoms with Gasteiger partial charge in [0, 0.05) is 4.70 Å². The number of carbonyl (C=O) groups is 3.